The lowest BCUT2D eigenvalue weighted by molar-refractivity contribution is 0.304. The largest absolute Gasteiger partial charge is 0.489 e. The summed E-state index contributed by atoms with van der Waals surface area (Å²) in [5.74, 6) is 0.964. The number of nitrogens with one attached hydrogen (secondary N) is 1. The van der Waals surface area contributed by atoms with Crippen LogP contribution >= 0.6 is 12.4 Å². The van der Waals surface area contributed by atoms with Crippen LogP contribution in [0.4, 0.5) is 0 Å². The average molecular weight is 278 g/mol. The Labute approximate surface area is 121 Å². The van der Waals surface area contributed by atoms with Crippen LogP contribution < -0.4 is 10.1 Å². The fourth-order valence-electron chi connectivity index (χ4n) is 1.85. The molecule has 2 aromatic carbocycles. The van der Waals surface area contributed by atoms with Gasteiger partial charge in [0.2, 0.25) is 0 Å². The summed E-state index contributed by atoms with van der Waals surface area (Å²) in [6.07, 6.45) is 0. The summed E-state index contributed by atoms with van der Waals surface area (Å²) in [6.45, 7) is 3.55. The summed E-state index contributed by atoms with van der Waals surface area (Å²) in [5.41, 5.74) is 3.60. The van der Waals surface area contributed by atoms with Gasteiger partial charge in [0.15, 0.2) is 0 Å². The Morgan fingerprint density at radius 1 is 1.00 bits per heavy atom. The van der Waals surface area contributed by atoms with E-state index in [2.05, 4.69) is 42.6 Å². The van der Waals surface area contributed by atoms with Crippen LogP contribution in [-0.4, -0.2) is 7.05 Å². The van der Waals surface area contributed by atoms with Crippen molar-refractivity contribution in [2.24, 2.45) is 0 Å². The van der Waals surface area contributed by atoms with Crippen molar-refractivity contribution < 1.29 is 4.74 Å². The Bertz CT molecular complexity index is 499. The standard InChI is InChI=1S/C16H19NO.ClH/c1-13-8-9-15(11-17-2)10-16(13)18-12-14-6-4-3-5-7-14;/h3-10,17H,11-12H2,1-2H3;1H. The van der Waals surface area contributed by atoms with E-state index < -0.39 is 0 Å². The minimum Gasteiger partial charge on any atom is -0.489 e. The van der Waals surface area contributed by atoms with Crippen LogP contribution in [0.1, 0.15) is 16.7 Å². The van der Waals surface area contributed by atoms with E-state index in [9.17, 15) is 0 Å². The average Bonchev–Trinajstić information content (AvgIpc) is 2.41. The topological polar surface area (TPSA) is 21.3 Å². The number of aryl methyl sites for hydroxylation is 1. The smallest absolute Gasteiger partial charge is 0.123 e. The molecular weight excluding hydrogens is 258 g/mol. The van der Waals surface area contributed by atoms with Crippen molar-refractivity contribution in [2.75, 3.05) is 7.05 Å². The molecule has 0 aromatic heterocycles. The Balaban J connectivity index is 0.00000180. The van der Waals surface area contributed by atoms with Gasteiger partial charge < -0.3 is 10.1 Å². The molecule has 19 heavy (non-hydrogen) atoms. The number of rotatable bonds is 5. The van der Waals surface area contributed by atoms with E-state index in [1.54, 1.807) is 0 Å². The van der Waals surface area contributed by atoms with Gasteiger partial charge >= 0.3 is 0 Å². The first kappa shape index (κ1) is 15.5. The maximum atomic E-state index is 5.88. The van der Waals surface area contributed by atoms with Crippen LogP contribution in [0.3, 0.4) is 0 Å². The lowest BCUT2D eigenvalue weighted by atomic mass is 10.1. The van der Waals surface area contributed by atoms with Crippen molar-refractivity contribution in [3.8, 4) is 5.75 Å². The third-order valence-corrected chi connectivity index (χ3v) is 2.87. The van der Waals surface area contributed by atoms with Gasteiger partial charge in [0.25, 0.3) is 0 Å². The lowest BCUT2D eigenvalue weighted by Crippen LogP contribution is -2.05. The zero-order chi connectivity index (χ0) is 12.8. The fraction of sp³-hybridized carbons (Fsp3) is 0.250. The molecule has 0 amide bonds. The van der Waals surface area contributed by atoms with E-state index in [1.165, 1.54) is 16.7 Å². The summed E-state index contributed by atoms with van der Waals surface area (Å²) < 4.78 is 5.88. The quantitative estimate of drug-likeness (QED) is 0.899. The molecule has 0 aliphatic heterocycles. The molecule has 0 unspecified atom stereocenters. The highest BCUT2D eigenvalue weighted by molar-refractivity contribution is 5.85. The van der Waals surface area contributed by atoms with Gasteiger partial charge in [-0.25, -0.2) is 0 Å². The lowest BCUT2D eigenvalue weighted by Gasteiger charge is -2.11. The molecular formula is C16H20ClNO. The molecule has 2 rings (SSSR count). The van der Waals surface area contributed by atoms with Crippen LogP contribution in [0.2, 0.25) is 0 Å². The Morgan fingerprint density at radius 3 is 2.42 bits per heavy atom. The van der Waals surface area contributed by atoms with Crippen LogP contribution in [0.15, 0.2) is 48.5 Å². The van der Waals surface area contributed by atoms with Gasteiger partial charge in [-0.05, 0) is 36.7 Å². The number of hydrogen-bond acceptors (Lipinski definition) is 2. The molecule has 0 aliphatic carbocycles. The minimum absolute atomic E-state index is 0. The summed E-state index contributed by atoms with van der Waals surface area (Å²) in [5, 5.41) is 3.15. The molecule has 0 spiro atoms. The van der Waals surface area contributed by atoms with Crippen molar-refractivity contribution in [3.05, 3.63) is 65.2 Å². The molecule has 0 saturated carbocycles. The predicted octanol–water partition coefficient (Wildman–Crippen LogP) is 3.72. The fourth-order valence-corrected chi connectivity index (χ4v) is 1.85. The molecule has 102 valence electrons. The van der Waals surface area contributed by atoms with Gasteiger partial charge in [0.05, 0.1) is 0 Å². The van der Waals surface area contributed by atoms with E-state index >= 15 is 0 Å². The normalized spacial score (nSPS) is 9.79. The second-order valence-corrected chi connectivity index (χ2v) is 4.40. The number of benzene rings is 2. The van der Waals surface area contributed by atoms with Gasteiger partial charge in [-0.15, -0.1) is 12.4 Å². The van der Waals surface area contributed by atoms with Gasteiger partial charge in [-0.2, -0.15) is 0 Å². The maximum Gasteiger partial charge on any atom is 0.123 e. The van der Waals surface area contributed by atoms with Crippen LogP contribution in [0.25, 0.3) is 0 Å². The molecule has 3 heteroatoms. The second kappa shape index (κ2) is 7.82. The summed E-state index contributed by atoms with van der Waals surface area (Å²) in [4.78, 5) is 0. The molecule has 0 heterocycles. The van der Waals surface area contributed by atoms with Gasteiger partial charge in [0, 0.05) is 6.54 Å². The second-order valence-electron chi connectivity index (χ2n) is 4.40. The molecule has 1 N–H and O–H groups in total. The van der Waals surface area contributed by atoms with Crippen LogP contribution in [0, 0.1) is 6.92 Å². The highest BCUT2D eigenvalue weighted by Crippen LogP contribution is 2.20. The van der Waals surface area contributed by atoms with Crippen LogP contribution in [0.5, 0.6) is 5.75 Å². The molecule has 0 atom stereocenters. The first-order chi connectivity index (χ1) is 8.79. The van der Waals surface area contributed by atoms with Gasteiger partial charge in [0.1, 0.15) is 12.4 Å². The Morgan fingerprint density at radius 2 is 1.74 bits per heavy atom. The summed E-state index contributed by atoms with van der Waals surface area (Å²) in [6, 6.07) is 16.6. The van der Waals surface area contributed by atoms with E-state index in [4.69, 9.17) is 4.74 Å². The van der Waals surface area contributed by atoms with E-state index in [1.807, 2.05) is 25.2 Å². The van der Waals surface area contributed by atoms with Crippen molar-refractivity contribution in [3.63, 3.8) is 0 Å². The van der Waals surface area contributed by atoms with Crippen molar-refractivity contribution in [1.82, 2.24) is 5.32 Å². The maximum absolute atomic E-state index is 5.88. The zero-order valence-corrected chi connectivity index (χ0v) is 12.2. The Kier molecular flexibility index (Phi) is 6.40. The predicted molar refractivity (Wildman–Crippen MR) is 82.0 cm³/mol. The summed E-state index contributed by atoms with van der Waals surface area (Å²) in [7, 11) is 1.95. The van der Waals surface area contributed by atoms with Gasteiger partial charge in [-0.3, -0.25) is 0 Å². The SMILES string of the molecule is CNCc1ccc(C)c(OCc2ccccc2)c1.Cl. The third kappa shape index (κ3) is 4.58. The van der Waals surface area contributed by atoms with Crippen molar-refractivity contribution >= 4 is 12.4 Å². The molecule has 2 nitrogen and oxygen atoms in total. The van der Waals surface area contributed by atoms with Crippen molar-refractivity contribution in [1.29, 1.82) is 0 Å². The van der Waals surface area contributed by atoms with Gasteiger partial charge in [-0.1, -0.05) is 42.5 Å². The highest BCUT2D eigenvalue weighted by atomic mass is 35.5. The molecule has 0 aliphatic rings. The van der Waals surface area contributed by atoms with E-state index in [0.29, 0.717) is 6.61 Å². The molecule has 0 fully saturated rings. The molecule has 2 aromatic rings. The molecule has 0 saturated heterocycles. The molecule has 0 bridgehead atoms. The monoisotopic (exact) mass is 277 g/mol. The number of ether oxygens (including phenoxy) is 1. The number of hydrogen-bond donors (Lipinski definition) is 1. The first-order valence-corrected chi connectivity index (χ1v) is 6.20. The van der Waals surface area contributed by atoms with E-state index in [-0.39, 0.29) is 12.4 Å². The minimum atomic E-state index is 0. The highest BCUT2D eigenvalue weighted by Gasteiger charge is 2.02. The number of halogens is 1. The van der Waals surface area contributed by atoms with Crippen LogP contribution in [-0.2, 0) is 13.2 Å². The first-order valence-electron chi connectivity index (χ1n) is 6.20. The summed E-state index contributed by atoms with van der Waals surface area (Å²) >= 11 is 0. The zero-order valence-electron chi connectivity index (χ0n) is 11.3. The van der Waals surface area contributed by atoms with E-state index in [0.717, 1.165) is 12.3 Å². The third-order valence-electron chi connectivity index (χ3n) is 2.87. The Hall–Kier alpha value is -1.51. The molecule has 0 radical (unpaired) electrons. The van der Waals surface area contributed by atoms with Crippen molar-refractivity contribution in [2.45, 2.75) is 20.1 Å².